The number of benzene rings is 2. The van der Waals surface area contributed by atoms with Gasteiger partial charge in [-0.15, -0.1) is 0 Å². The summed E-state index contributed by atoms with van der Waals surface area (Å²) in [5, 5.41) is 0.0782. The Morgan fingerprint density at radius 2 is 1.75 bits per heavy atom. The van der Waals surface area contributed by atoms with Crippen LogP contribution in [0.1, 0.15) is 18.5 Å². The molecule has 2 aromatic carbocycles. The molecule has 146 valence electrons. The topological polar surface area (TPSA) is 130 Å². The summed E-state index contributed by atoms with van der Waals surface area (Å²) in [5.41, 5.74) is -0.350. The first-order valence-electron chi connectivity index (χ1n) is 8.52. The highest BCUT2D eigenvalue weighted by Crippen LogP contribution is 2.33. The third kappa shape index (κ3) is 3.39. The molecule has 0 aliphatic carbocycles. The highest BCUT2D eigenvalue weighted by atomic mass is 32.2. The van der Waals surface area contributed by atoms with Gasteiger partial charge in [-0.05, 0) is 42.8 Å². The number of ether oxygens (including phenoxy) is 2. The molecule has 4 rings (SSSR count). The second-order valence-electron chi connectivity index (χ2n) is 6.36. The van der Waals surface area contributed by atoms with Gasteiger partial charge in [0.15, 0.2) is 11.5 Å². The summed E-state index contributed by atoms with van der Waals surface area (Å²) >= 11 is 0. The molecular weight excluding hydrogens is 386 g/mol. The number of aromatic amines is 2. The summed E-state index contributed by atoms with van der Waals surface area (Å²) in [7, 11) is -3.91. The molecule has 0 saturated carbocycles. The number of fused-ring (bicyclic) bond motifs is 2. The smallest absolute Gasteiger partial charge is 0.326 e. The number of H-pyrrole nitrogens is 2. The molecular formula is C18H17N3O6S. The number of sulfonamides is 1. The van der Waals surface area contributed by atoms with E-state index in [2.05, 4.69) is 14.7 Å². The van der Waals surface area contributed by atoms with E-state index in [1.165, 1.54) is 18.2 Å². The number of hydrogen-bond donors (Lipinski definition) is 3. The minimum Gasteiger partial charge on any atom is -0.486 e. The monoisotopic (exact) mass is 403 g/mol. The van der Waals surface area contributed by atoms with Gasteiger partial charge in [0.25, 0.3) is 5.56 Å². The van der Waals surface area contributed by atoms with Crippen molar-refractivity contribution >= 4 is 20.9 Å². The van der Waals surface area contributed by atoms with Crippen LogP contribution < -0.4 is 25.4 Å². The largest absolute Gasteiger partial charge is 0.486 e. The maximum atomic E-state index is 12.8. The van der Waals surface area contributed by atoms with Crippen LogP contribution in [0.15, 0.2) is 50.9 Å². The molecule has 1 aliphatic heterocycles. The maximum Gasteiger partial charge on any atom is 0.326 e. The average molecular weight is 403 g/mol. The number of nitrogens with one attached hydrogen (secondary N) is 3. The van der Waals surface area contributed by atoms with E-state index < -0.39 is 27.3 Å². The van der Waals surface area contributed by atoms with Crippen molar-refractivity contribution in [3.63, 3.8) is 0 Å². The molecule has 0 spiro atoms. The van der Waals surface area contributed by atoms with Crippen LogP contribution in [0, 0.1) is 0 Å². The summed E-state index contributed by atoms with van der Waals surface area (Å²) in [6.45, 7) is 2.61. The van der Waals surface area contributed by atoms with Crippen LogP contribution in [0.4, 0.5) is 0 Å². The van der Waals surface area contributed by atoms with Crippen molar-refractivity contribution in [1.29, 1.82) is 0 Å². The second-order valence-corrected chi connectivity index (χ2v) is 8.08. The second kappa shape index (κ2) is 6.80. The lowest BCUT2D eigenvalue weighted by Gasteiger charge is -2.21. The van der Waals surface area contributed by atoms with Crippen molar-refractivity contribution in [1.82, 2.24) is 14.7 Å². The van der Waals surface area contributed by atoms with E-state index in [4.69, 9.17) is 9.47 Å². The molecule has 2 heterocycles. The minimum atomic E-state index is -3.91. The normalized spacial score (nSPS) is 14.8. The fraction of sp³-hybridized carbons (Fsp3) is 0.222. The first-order chi connectivity index (χ1) is 13.3. The molecule has 9 nitrogen and oxygen atoms in total. The molecule has 28 heavy (non-hydrogen) atoms. The van der Waals surface area contributed by atoms with E-state index in [0.29, 0.717) is 30.3 Å². The molecule has 1 aromatic heterocycles. The Morgan fingerprint density at radius 1 is 1.00 bits per heavy atom. The Kier molecular flexibility index (Phi) is 4.44. The third-order valence-electron chi connectivity index (χ3n) is 4.42. The van der Waals surface area contributed by atoms with Crippen molar-refractivity contribution in [2.75, 3.05) is 13.2 Å². The van der Waals surface area contributed by atoms with Crippen molar-refractivity contribution in [2.24, 2.45) is 0 Å². The maximum absolute atomic E-state index is 12.8. The van der Waals surface area contributed by atoms with Crippen LogP contribution in [0.3, 0.4) is 0 Å². The van der Waals surface area contributed by atoms with Gasteiger partial charge in [-0.3, -0.25) is 9.78 Å². The van der Waals surface area contributed by atoms with E-state index in [1.807, 2.05) is 0 Å². The first kappa shape index (κ1) is 18.3. The molecule has 0 radical (unpaired) electrons. The fourth-order valence-electron chi connectivity index (χ4n) is 3.01. The van der Waals surface area contributed by atoms with Crippen LogP contribution >= 0.6 is 0 Å². The van der Waals surface area contributed by atoms with E-state index in [9.17, 15) is 18.0 Å². The lowest BCUT2D eigenvalue weighted by atomic mass is 10.1. The predicted octanol–water partition coefficient (Wildman–Crippen LogP) is 1.03. The quantitative estimate of drug-likeness (QED) is 0.596. The Hall–Kier alpha value is -3.11. The van der Waals surface area contributed by atoms with Gasteiger partial charge in [-0.1, -0.05) is 6.07 Å². The number of aromatic nitrogens is 2. The minimum absolute atomic E-state index is 0.0782. The Bertz CT molecular complexity index is 1280. The van der Waals surface area contributed by atoms with Crippen LogP contribution in [-0.4, -0.2) is 31.6 Å². The van der Waals surface area contributed by atoms with Crippen molar-refractivity contribution < 1.29 is 17.9 Å². The molecule has 1 atom stereocenters. The molecule has 0 amide bonds. The first-order valence-corrected chi connectivity index (χ1v) is 10.00. The molecule has 0 saturated heterocycles. The molecule has 0 bridgehead atoms. The molecule has 3 aromatic rings. The summed E-state index contributed by atoms with van der Waals surface area (Å²) in [5.74, 6) is 1.18. The van der Waals surface area contributed by atoms with Crippen molar-refractivity contribution in [3.8, 4) is 11.5 Å². The van der Waals surface area contributed by atoms with Gasteiger partial charge >= 0.3 is 5.69 Å². The Morgan fingerprint density at radius 3 is 2.54 bits per heavy atom. The van der Waals surface area contributed by atoms with E-state index in [0.717, 1.165) is 0 Å². The molecule has 1 aliphatic rings. The average Bonchev–Trinajstić information content (AvgIpc) is 2.66. The predicted molar refractivity (Wildman–Crippen MR) is 101 cm³/mol. The summed E-state index contributed by atoms with van der Waals surface area (Å²) in [6.07, 6.45) is 0. The van der Waals surface area contributed by atoms with Gasteiger partial charge in [0.2, 0.25) is 10.0 Å². The van der Waals surface area contributed by atoms with E-state index in [-0.39, 0.29) is 15.8 Å². The Labute approximate surface area is 159 Å². The summed E-state index contributed by atoms with van der Waals surface area (Å²) in [6, 6.07) is 8.62. The zero-order valence-corrected chi connectivity index (χ0v) is 15.6. The number of hydrogen-bond acceptors (Lipinski definition) is 6. The lowest BCUT2D eigenvalue weighted by Crippen LogP contribution is -2.27. The molecule has 0 fully saturated rings. The summed E-state index contributed by atoms with van der Waals surface area (Å²) in [4.78, 5) is 27.7. The highest BCUT2D eigenvalue weighted by molar-refractivity contribution is 7.89. The van der Waals surface area contributed by atoms with Gasteiger partial charge in [-0.25, -0.2) is 17.9 Å². The van der Waals surface area contributed by atoms with E-state index in [1.54, 1.807) is 25.1 Å². The van der Waals surface area contributed by atoms with Gasteiger partial charge in [0.05, 0.1) is 15.8 Å². The number of rotatable bonds is 4. The van der Waals surface area contributed by atoms with Crippen LogP contribution in [0.5, 0.6) is 11.5 Å². The standard InChI is InChI=1S/C18H17N3O6S/c1-10(11-2-5-15-16(8-11)27-7-6-26-15)21-28(24,25)12-3-4-14-13(9-12)17(22)20-18(23)19-14/h2-5,8-10,21H,6-7H2,1H3,(H2,19,20,22,23). The fourth-order valence-corrected chi connectivity index (χ4v) is 4.27. The summed E-state index contributed by atoms with van der Waals surface area (Å²) < 4.78 is 39.1. The highest BCUT2D eigenvalue weighted by Gasteiger charge is 2.21. The zero-order chi connectivity index (χ0) is 19.9. The van der Waals surface area contributed by atoms with Crippen LogP contribution in [-0.2, 0) is 10.0 Å². The molecule has 3 N–H and O–H groups in total. The van der Waals surface area contributed by atoms with Gasteiger partial charge in [0, 0.05) is 6.04 Å². The molecule has 1 unspecified atom stereocenters. The zero-order valence-electron chi connectivity index (χ0n) is 14.8. The van der Waals surface area contributed by atoms with Crippen LogP contribution in [0.2, 0.25) is 0 Å². The van der Waals surface area contributed by atoms with Gasteiger partial charge in [0.1, 0.15) is 13.2 Å². The van der Waals surface area contributed by atoms with Crippen LogP contribution in [0.25, 0.3) is 10.9 Å². The Balaban J connectivity index is 1.64. The third-order valence-corrected chi connectivity index (χ3v) is 5.96. The van der Waals surface area contributed by atoms with Gasteiger partial charge < -0.3 is 14.5 Å². The van der Waals surface area contributed by atoms with E-state index >= 15 is 0 Å². The van der Waals surface area contributed by atoms with Gasteiger partial charge in [-0.2, -0.15) is 0 Å². The van der Waals surface area contributed by atoms with Crippen molar-refractivity contribution in [2.45, 2.75) is 17.9 Å². The molecule has 10 heteroatoms. The SMILES string of the molecule is CC(NS(=O)(=O)c1ccc2[nH]c(=O)[nH]c(=O)c2c1)c1ccc2c(c1)OCCO2. The lowest BCUT2D eigenvalue weighted by molar-refractivity contribution is 0.171. The van der Waals surface area contributed by atoms with Crippen molar-refractivity contribution in [3.05, 3.63) is 62.8 Å².